The minimum Gasteiger partial charge on any atom is -0.444 e. The zero-order chi connectivity index (χ0) is 23.9. The second kappa shape index (κ2) is 10.1. The van der Waals surface area contributed by atoms with Gasteiger partial charge in [-0.2, -0.15) is 0 Å². The van der Waals surface area contributed by atoms with Crippen LogP contribution < -0.4 is 16.0 Å². The molecule has 0 aliphatic heterocycles. The van der Waals surface area contributed by atoms with Crippen LogP contribution in [0.15, 0.2) is 42.7 Å². The van der Waals surface area contributed by atoms with Crippen molar-refractivity contribution in [3.8, 4) is 0 Å². The highest BCUT2D eigenvalue weighted by molar-refractivity contribution is 5.95. The summed E-state index contributed by atoms with van der Waals surface area (Å²) in [6, 6.07) is 8.56. The number of rotatable bonds is 5. The SMILES string of the molecule is CC(C)(C)OC(=O)Nc1cccc(CNC(=O)c2cncc(NC(=O)OC(C)(C)C)c2)c1. The van der Waals surface area contributed by atoms with Gasteiger partial charge in [-0.3, -0.25) is 20.4 Å². The Hall–Kier alpha value is -3.62. The van der Waals surface area contributed by atoms with Crippen LogP contribution in [0, 0.1) is 0 Å². The quantitative estimate of drug-likeness (QED) is 0.617. The van der Waals surface area contributed by atoms with Gasteiger partial charge in [0, 0.05) is 18.4 Å². The highest BCUT2D eigenvalue weighted by Gasteiger charge is 2.18. The van der Waals surface area contributed by atoms with Crippen molar-refractivity contribution in [3.63, 3.8) is 0 Å². The van der Waals surface area contributed by atoms with E-state index in [2.05, 4.69) is 20.9 Å². The van der Waals surface area contributed by atoms with Crippen molar-refractivity contribution in [2.45, 2.75) is 59.3 Å². The van der Waals surface area contributed by atoms with E-state index in [1.807, 2.05) is 6.07 Å². The molecule has 2 aromatic rings. The van der Waals surface area contributed by atoms with E-state index in [1.165, 1.54) is 18.5 Å². The van der Waals surface area contributed by atoms with E-state index < -0.39 is 23.4 Å². The van der Waals surface area contributed by atoms with E-state index in [0.717, 1.165) is 5.56 Å². The van der Waals surface area contributed by atoms with Crippen molar-refractivity contribution >= 4 is 29.5 Å². The van der Waals surface area contributed by atoms with E-state index >= 15 is 0 Å². The lowest BCUT2D eigenvalue weighted by Crippen LogP contribution is -2.27. The Morgan fingerprint density at radius 1 is 0.844 bits per heavy atom. The van der Waals surface area contributed by atoms with E-state index in [0.29, 0.717) is 11.4 Å². The zero-order valence-electron chi connectivity index (χ0n) is 19.2. The molecule has 2 rings (SSSR count). The summed E-state index contributed by atoms with van der Waals surface area (Å²) < 4.78 is 10.4. The molecule has 172 valence electrons. The molecule has 0 aliphatic carbocycles. The molecule has 0 fully saturated rings. The molecule has 0 unspecified atom stereocenters. The zero-order valence-corrected chi connectivity index (χ0v) is 19.2. The van der Waals surface area contributed by atoms with Gasteiger partial charge in [-0.1, -0.05) is 12.1 Å². The fraction of sp³-hybridized carbons (Fsp3) is 0.391. The molecule has 0 radical (unpaired) electrons. The molecule has 9 heteroatoms. The minimum absolute atomic E-state index is 0.229. The van der Waals surface area contributed by atoms with Gasteiger partial charge in [-0.15, -0.1) is 0 Å². The molecule has 3 N–H and O–H groups in total. The van der Waals surface area contributed by atoms with Crippen molar-refractivity contribution in [2.75, 3.05) is 10.6 Å². The van der Waals surface area contributed by atoms with Gasteiger partial charge >= 0.3 is 12.2 Å². The lowest BCUT2D eigenvalue weighted by molar-refractivity contribution is 0.0624. The Morgan fingerprint density at radius 3 is 2.03 bits per heavy atom. The van der Waals surface area contributed by atoms with Crippen molar-refractivity contribution in [3.05, 3.63) is 53.9 Å². The van der Waals surface area contributed by atoms with E-state index in [-0.39, 0.29) is 18.0 Å². The number of carbonyl (C=O) groups excluding carboxylic acids is 3. The van der Waals surface area contributed by atoms with Gasteiger partial charge in [0.2, 0.25) is 0 Å². The standard InChI is InChI=1S/C23H30N4O5/c1-22(2,3)31-20(29)26-17-9-7-8-15(10-17)12-25-19(28)16-11-18(14-24-13-16)27-21(30)32-23(4,5)6/h7-11,13-14H,12H2,1-6H3,(H,25,28)(H,26,29)(H,27,30). The fourth-order valence-electron chi connectivity index (χ4n) is 2.52. The maximum absolute atomic E-state index is 12.5. The molecule has 32 heavy (non-hydrogen) atoms. The topological polar surface area (TPSA) is 119 Å². The molecule has 9 nitrogen and oxygen atoms in total. The molecule has 0 atom stereocenters. The molecular formula is C23H30N4O5. The molecule has 0 saturated carbocycles. The van der Waals surface area contributed by atoms with Crippen molar-refractivity contribution < 1.29 is 23.9 Å². The van der Waals surface area contributed by atoms with Crippen LogP contribution in [0.25, 0.3) is 0 Å². The Morgan fingerprint density at radius 2 is 1.44 bits per heavy atom. The van der Waals surface area contributed by atoms with E-state index in [9.17, 15) is 14.4 Å². The summed E-state index contributed by atoms with van der Waals surface area (Å²) in [5.41, 5.74) is 0.715. The maximum atomic E-state index is 12.5. The number of ether oxygens (including phenoxy) is 2. The number of hydrogen-bond acceptors (Lipinski definition) is 6. The highest BCUT2D eigenvalue weighted by Crippen LogP contribution is 2.15. The fourth-order valence-corrected chi connectivity index (χ4v) is 2.52. The average Bonchev–Trinajstić information content (AvgIpc) is 2.63. The first-order valence-electron chi connectivity index (χ1n) is 10.1. The molecule has 3 amide bonds. The normalized spacial score (nSPS) is 11.3. The Balaban J connectivity index is 1.95. The largest absolute Gasteiger partial charge is 0.444 e. The first kappa shape index (κ1) is 24.6. The van der Waals surface area contributed by atoms with Crippen LogP contribution in [-0.4, -0.2) is 34.3 Å². The number of amides is 3. The maximum Gasteiger partial charge on any atom is 0.412 e. The van der Waals surface area contributed by atoms with Crippen LogP contribution in [0.3, 0.4) is 0 Å². The van der Waals surface area contributed by atoms with E-state index in [4.69, 9.17) is 9.47 Å². The van der Waals surface area contributed by atoms with Crippen LogP contribution in [-0.2, 0) is 16.0 Å². The van der Waals surface area contributed by atoms with Crippen LogP contribution in [0.5, 0.6) is 0 Å². The number of nitrogens with zero attached hydrogens (tertiary/aromatic N) is 1. The molecule has 0 aliphatic rings. The highest BCUT2D eigenvalue weighted by atomic mass is 16.6. The number of nitrogens with one attached hydrogen (secondary N) is 3. The minimum atomic E-state index is -0.640. The number of aromatic nitrogens is 1. The molecule has 0 bridgehead atoms. The number of pyridine rings is 1. The molecule has 1 heterocycles. The molecule has 0 spiro atoms. The van der Waals surface area contributed by atoms with Gasteiger partial charge in [0.05, 0.1) is 17.4 Å². The second-order valence-electron chi connectivity index (χ2n) is 9.10. The van der Waals surface area contributed by atoms with Crippen LogP contribution in [0.2, 0.25) is 0 Å². The van der Waals surface area contributed by atoms with Crippen molar-refractivity contribution in [2.24, 2.45) is 0 Å². The van der Waals surface area contributed by atoms with Gasteiger partial charge < -0.3 is 14.8 Å². The Labute approximate surface area is 187 Å². The summed E-state index contributed by atoms with van der Waals surface area (Å²) in [6.07, 6.45) is 1.63. The van der Waals surface area contributed by atoms with Crippen molar-refractivity contribution in [1.82, 2.24) is 10.3 Å². The predicted molar refractivity (Wildman–Crippen MR) is 122 cm³/mol. The molecule has 0 saturated heterocycles. The second-order valence-corrected chi connectivity index (χ2v) is 9.10. The van der Waals surface area contributed by atoms with Gasteiger partial charge in [0.1, 0.15) is 11.2 Å². The molecule has 1 aromatic carbocycles. The predicted octanol–water partition coefficient (Wildman–Crippen LogP) is 4.71. The number of benzene rings is 1. The third kappa shape index (κ3) is 9.03. The van der Waals surface area contributed by atoms with Gasteiger partial charge in [0.15, 0.2) is 0 Å². The molecule has 1 aromatic heterocycles. The smallest absolute Gasteiger partial charge is 0.412 e. The Kier molecular flexibility index (Phi) is 7.80. The van der Waals surface area contributed by atoms with Crippen LogP contribution in [0.1, 0.15) is 57.5 Å². The van der Waals surface area contributed by atoms with Crippen LogP contribution in [0.4, 0.5) is 21.0 Å². The first-order valence-corrected chi connectivity index (χ1v) is 10.1. The van der Waals surface area contributed by atoms with Crippen LogP contribution >= 0.6 is 0 Å². The average molecular weight is 443 g/mol. The number of anilines is 2. The molecular weight excluding hydrogens is 412 g/mol. The monoisotopic (exact) mass is 442 g/mol. The Bertz CT molecular complexity index is 977. The summed E-state index contributed by atoms with van der Waals surface area (Å²) in [7, 11) is 0. The summed E-state index contributed by atoms with van der Waals surface area (Å²) in [5, 5.41) is 8.00. The van der Waals surface area contributed by atoms with Gasteiger partial charge in [-0.05, 0) is 65.3 Å². The van der Waals surface area contributed by atoms with Crippen molar-refractivity contribution in [1.29, 1.82) is 0 Å². The summed E-state index contributed by atoms with van der Waals surface area (Å²) in [5.74, 6) is -0.365. The third-order valence-electron chi connectivity index (χ3n) is 3.67. The first-order chi connectivity index (χ1) is 14.8. The van der Waals surface area contributed by atoms with E-state index in [1.54, 1.807) is 59.7 Å². The number of carbonyl (C=O) groups is 3. The van der Waals surface area contributed by atoms with Gasteiger partial charge in [0.25, 0.3) is 5.91 Å². The summed E-state index contributed by atoms with van der Waals surface area (Å²) >= 11 is 0. The lowest BCUT2D eigenvalue weighted by atomic mass is 10.2. The summed E-state index contributed by atoms with van der Waals surface area (Å²) in [6.45, 7) is 10.8. The lowest BCUT2D eigenvalue weighted by Gasteiger charge is -2.19. The summed E-state index contributed by atoms with van der Waals surface area (Å²) in [4.78, 5) is 40.3. The van der Waals surface area contributed by atoms with Gasteiger partial charge in [-0.25, -0.2) is 9.59 Å². The number of hydrogen-bond donors (Lipinski definition) is 3. The third-order valence-corrected chi connectivity index (χ3v) is 3.67.